The number of rotatable bonds is 1. The van der Waals surface area contributed by atoms with Crippen molar-refractivity contribution in [1.29, 1.82) is 0 Å². The Morgan fingerprint density at radius 1 is 1.52 bits per heavy atom. The van der Waals surface area contributed by atoms with Crippen LogP contribution in [-0.4, -0.2) is 35.4 Å². The van der Waals surface area contributed by atoms with E-state index in [1.807, 2.05) is 12.1 Å². The molecule has 2 aliphatic carbocycles. The molecule has 5 atom stereocenters. The second kappa shape index (κ2) is 5.73. The van der Waals surface area contributed by atoms with Gasteiger partial charge in [-0.05, 0) is 43.1 Å². The molecule has 2 fully saturated rings. The predicted molar refractivity (Wildman–Crippen MR) is 90.4 cm³/mol. The van der Waals surface area contributed by atoms with Gasteiger partial charge < -0.3 is 15.1 Å². The van der Waals surface area contributed by atoms with Crippen LogP contribution in [0.3, 0.4) is 0 Å². The Hall–Kier alpha value is -2.08. The predicted octanol–water partition coefficient (Wildman–Crippen LogP) is 1.95. The normalized spacial score (nSPS) is 36.2. The highest BCUT2D eigenvalue weighted by Gasteiger charge is 2.59. The average Bonchev–Trinajstić information content (AvgIpc) is 2.95. The minimum absolute atomic E-state index is 0.00780. The number of piperidine rings is 1. The number of aromatic nitrogens is 1. The van der Waals surface area contributed by atoms with Gasteiger partial charge in [-0.15, -0.1) is 6.58 Å². The number of carbonyl (C=O) groups is 1. The van der Waals surface area contributed by atoms with Gasteiger partial charge in [0.15, 0.2) is 12.4 Å². The van der Waals surface area contributed by atoms with Crippen LogP contribution in [0, 0.1) is 23.0 Å². The van der Waals surface area contributed by atoms with Gasteiger partial charge >= 0.3 is 6.09 Å². The Kier molecular flexibility index (Phi) is 3.76. The van der Waals surface area contributed by atoms with E-state index in [4.69, 9.17) is 4.74 Å². The molecule has 3 aliphatic rings. The SMILES string of the molecule is C=C[C@@H]1CC[C@H]2[C@@H]3CCc4c[n+]([O-])ccc4[C@H]3N(C(=O)OC)C[C@]12O. The molecule has 6 nitrogen and oxygen atoms in total. The van der Waals surface area contributed by atoms with Crippen LogP contribution in [0.4, 0.5) is 4.79 Å². The topological polar surface area (TPSA) is 76.7 Å². The maximum absolute atomic E-state index is 12.5. The second-order valence-electron chi connectivity index (χ2n) is 7.55. The number of aryl methyl sites for hydroxylation is 1. The van der Waals surface area contributed by atoms with E-state index < -0.39 is 11.7 Å². The molecule has 1 saturated heterocycles. The van der Waals surface area contributed by atoms with Gasteiger partial charge in [0.05, 0.1) is 25.3 Å². The number of hydrogen-bond donors (Lipinski definition) is 1. The van der Waals surface area contributed by atoms with E-state index in [9.17, 15) is 15.1 Å². The first kappa shape index (κ1) is 16.4. The van der Waals surface area contributed by atoms with Gasteiger partial charge in [-0.2, -0.15) is 4.73 Å². The zero-order valence-corrected chi connectivity index (χ0v) is 14.4. The van der Waals surface area contributed by atoms with E-state index in [1.54, 1.807) is 11.1 Å². The lowest BCUT2D eigenvalue weighted by molar-refractivity contribution is -0.606. The average molecular weight is 344 g/mol. The summed E-state index contributed by atoms with van der Waals surface area (Å²) >= 11 is 0. The highest BCUT2D eigenvalue weighted by molar-refractivity contribution is 5.69. The third-order valence-corrected chi connectivity index (χ3v) is 6.57. The highest BCUT2D eigenvalue weighted by Crippen LogP contribution is 2.56. The van der Waals surface area contributed by atoms with E-state index in [0.29, 0.717) is 0 Å². The van der Waals surface area contributed by atoms with Crippen LogP contribution in [0.1, 0.15) is 36.4 Å². The number of amides is 1. The molecule has 0 spiro atoms. The Bertz CT molecular complexity index is 721. The molecule has 6 heteroatoms. The standard InChI is InChI=1S/C19H24N2O4/c1-3-13-5-7-16-15-6-4-12-10-20(24)9-8-14(12)17(15)21(18(22)25-2)11-19(13,16)23/h3,8-10,13,15-17,23H,1,4-7,11H2,2H3/t13-,15+,16+,17-,19+/m1/s1. The third kappa shape index (κ3) is 2.27. The number of fused-ring (bicyclic) bond motifs is 5. The van der Waals surface area contributed by atoms with E-state index in [1.165, 1.54) is 13.3 Å². The summed E-state index contributed by atoms with van der Waals surface area (Å²) in [4.78, 5) is 14.2. The van der Waals surface area contributed by atoms with E-state index >= 15 is 0 Å². The Balaban J connectivity index is 1.81. The lowest BCUT2D eigenvalue weighted by atomic mass is 9.64. The molecule has 1 N–H and O–H groups in total. The Morgan fingerprint density at radius 2 is 2.32 bits per heavy atom. The van der Waals surface area contributed by atoms with Gasteiger partial charge in [0.25, 0.3) is 0 Å². The summed E-state index contributed by atoms with van der Waals surface area (Å²) in [7, 11) is 1.37. The summed E-state index contributed by atoms with van der Waals surface area (Å²) in [6.45, 7) is 4.13. The first-order valence-electron chi connectivity index (χ1n) is 8.90. The molecule has 1 saturated carbocycles. The number of hydrogen-bond acceptors (Lipinski definition) is 4. The van der Waals surface area contributed by atoms with Crippen molar-refractivity contribution in [2.75, 3.05) is 13.7 Å². The molecule has 4 rings (SSSR count). The first-order chi connectivity index (χ1) is 12.0. The third-order valence-electron chi connectivity index (χ3n) is 6.57. The van der Waals surface area contributed by atoms with Gasteiger partial charge in [0, 0.05) is 17.5 Å². The molecule has 25 heavy (non-hydrogen) atoms. The van der Waals surface area contributed by atoms with Crippen LogP contribution in [0.15, 0.2) is 31.1 Å². The molecule has 0 unspecified atom stereocenters. The van der Waals surface area contributed by atoms with Gasteiger partial charge in [-0.1, -0.05) is 6.08 Å². The summed E-state index contributed by atoms with van der Waals surface area (Å²) < 4.78 is 5.83. The molecule has 1 aromatic heterocycles. The fourth-order valence-corrected chi connectivity index (χ4v) is 5.50. The summed E-state index contributed by atoms with van der Waals surface area (Å²) in [5, 5.41) is 23.1. The van der Waals surface area contributed by atoms with Crippen LogP contribution < -0.4 is 4.73 Å². The number of pyridine rings is 1. The first-order valence-corrected chi connectivity index (χ1v) is 8.90. The van der Waals surface area contributed by atoms with Crippen LogP contribution in [0.25, 0.3) is 0 Å². The Morgan fingerprint density at radius 3 is 3.04 bits per heavy atom. The summed E-state index contributed by atoms with van der Waals surface area (Å²) in [5.41, 5.74) is 1.05. The molecular weight excluding hydrogens is 320 g/mol. The van der Waals surface area contributed by atoms with Crippen molar-refractivity contribution in [1.82, 2.24) is 4.90 Å². The fraction of sp³-hybridized carbons (Fsp3) is 0.579. The number of carbonyl (C=O) groups excluding carboxylic acids is 1. The van der Waals surface area contributed by atoms with Gasteiger partial charge in [-0.25, -0.2) is 4.79 Å². The molecule has 2 heterocycles. The van der Waals surface area contributed by atoms with Crippen molar-refractivity contribution in [3.8, 4) is 0 Å². The van der Waals surface area contributed by atoms with Gasteiger partial charge in [0.1, 0.15) is 0 Å². The molecule has 1 amide bonds. The number of methoxy groups -OCH3 is 1. The smallest absolute Gasteiger partial charge is 0.410 e. The highest BCUT2D eigenvalue weighted by atomic mass is 16.5. The summed E-state index contributed by atoms with van der Waals surface area (Å²) in [5.74, 6) is 0.290. The summed E-state index contributed by atoms with van der Waals surface area (Å²) in [6, 6.07) is 1.67. The maximum Gasteiger partial charge on any atom is 0.410 e. The number of nitrogens with zero attached hydrogens (tertiary/aromatic N) is 2. The lowest BCUT2D eigenvalue weighted by Gasteiger charge is -2.53. The molecule has 0 radical (unpaired) electrons. The molecule has 0 aromatic carbocycles. The zero-order valence-electron chi connectivity index (χ0n) is 14.4. The molecule has 134 valence electrons. The second-order valence-corrected chi connectivity index (χ2v) is 7.55. The summed E-state index contributed by atoms with van der Waals surface area (Å²) in [6.07, 6.45) is 7.96. The van der Waals surface area contributed by atoms with E-state index in [-0.39, 0.29) is 30.3 Å². The van der Waals surface area contributed by atoms with Crippen LogP contribution in [-0.2, 0) is 11.2 Å². The number of likely N-dealkylation sites (tertiary alicyclic amines) is 1. The molecular formula is C19H24N2O4. The minimum Gasteiger partial charge on any atom is -0.619 e. The van der Waals surface area contributed by atoms with Crippen LogP contribution in [0.2, 0.25) is 0 Å². The zero-order chi connectivity index (χ0) is 17.8. The minimum atomic E-state index is -0.943. The largest absolute Gasteiger partial charge is 0.619 e. The van der Waals surface area contributed by atoms with Crippen molar-refractivity contribution in [2.45, 2.75) is 37.3 Å². The monoisotopic (exact) mass is 344 g/mol. The maximum atomic E-state index is 12.5. The lowest BCUT2D eigenvalue weighted by Crippen LogP contribution is -2.61. The van der Waals surface area contributed by atoms with Crippen molar-refractivity contribution in [3.05, 3.63) is 47.4 Å². The molecule has 0 bridgehead atoms. The Labute approximate surface area is 147 Å². The van der Waals surface area contributed by atoms with E-state index in [0.717, 1.165) is 41.5 Å². The van der Waals surface area contributed by atoms with Crippen molar-refractivity contribution >= 4 is 6.09 Å². The van der Waals surface area contributed by atoms with Gasteiger partial charge in [0.2, 0.25) is 0 Å². The van der Waals surface area contributed by atoms with Crippen LogP contribution >= 0.6 is 0 Å². The number of aliphatic hydroxyl groups is 1. The fourth-order valence-electron chi connectivity index (χ4n) is 5.50. The number of ether oxygens (including phenoxy) is 1. The number of β-amino-alcohol motifs (C(OH)–C–C–N with tert-alkyl or cyclic N) is 1. The van der Waals surface area contributed by atoms with Crippen molar-refractivity contribution in [3.63, 3.8) is 0 Å². The molecule has 1 aromatic rings. The van der Waals surface area contributed by atoms with E-state index in [2.05, 4.69) is 6.58 Å². The van der Waals surface area contributed by atoms with Gasteiger partial charge in [-0.3, -0.25) is 4.90 Å². The van der Waals surface area contributed by atoms with Crippen LogP contribution in [0.5, 0.6) is 0 Å². The molecule has 1 aliphatic heterocycles. The quantitative estimate of drug-likeness (QED) is 0.480. The van der Waals surface area contributed by atoms with Crippen molar-refractivity contribution < 1.29 is 19.4 Å². The van der Waals surface area contributed by atoms with Crippen molar-refractivity contribution in [2.24, 2.45) is 17.8 Å².